The van der Waals surface area contributed by atoms with Crippen molar-refractivity contribution in [2.24, 2.45) is 14.1 Å². The van der Waals surface area contributed by atoms with E-state index in [9.17, 15) is 0 Å². The van der Waals surface area contributed by atoms with Gasteiger partial charge in [-0.2, -0.15) is 0 Å². The van der Waals surface area contributed by atoms with Gasteiger partial charge in [-0.15, -0.1) is 10.2 Å². The second-order valence-corrected chi connectivity index (χ2v) is 5.82. The fraction of sp³-hybridized carbons (Fsp3) is 0.667. The van der Waals surface area contributed by atoms with Crippen molar-refractivity contribution in [3.05, 3.63) is 5.82 Å². The number of tetrazole rings is 1. The number of thioether (sulfide) groups is 2. The molecule has 2 heterocycles. The minimum absolute atomic E-state index is 0.848. The Morgan fingerprint density at radius 2 is 1.89 bits per heavy atom. The number of nitrogens with zero attached hydrogens (tertiary/aromatic N) is 7. The molecule has 0 bridgehead atoms. The average molecular weight is 285 g/mol. The Morgan fingerprint density at radius 3 is 2.50 bits per heavy atom. The van der Waals surface area contributed by atoms with E-state index < -0.39 is 0 Å². The van der Waals surface area contributed by atoms with Gasteiger partial charge < -0.3 is 0 Å². The van der Waals surface area contributed by atoms with Crippen LogP contribution in [0.25, 0.3) is 0 Å². The van der Waals surface area contributed by atoms with Crippen molar-refractivity contribution < 1.29 is 0 Å². The Kier molecular flexibility index (Phi) is 4.59. The smallest absolute Gasteiger partial charge is 0.209 e. The van der Waals surface area contributed by atoms with Crippen molar-refractivity contribution in [1.82, 2.24) is 35.0 Å². The summed E-state index contributed by atoms with van der Waals surface area (Å²) in [5.74, 6) is 2.94. The van der Waals surface area contributed by atoms with Crippen LogP contribution in [-0.2, 0) is 14.1 Å². The van der Waals surface area contributed by atoms with Crippen molar-refractivity contribution in [3.63, 3.8) is 0 Å². The van der Waals surface area contributed by atoms with Gasteiger partial charge in [-0.1, -0.05) is 23.5 Å². The molecule has 2 aromatic heterocycles. The fourth-order valence-electron chi connectivity index (χ4n) is 1.22. The highest BCUT2D eigenvalue weighted by Crippen LogP contribution is 2.18. The molecule has 0 saturated heterocycles. The molecule has 2 aromatic rings. The number of aryl methyl sites for hydroxylation is 3. The molecule has 18 heavy (non-hydrogen) atoms. The van der Waals surface area contributed by atoms with Crippen LogP contribution in [-0.4, -0.2) is 46.5 Å². The third-order valence-electron chi connectivity index (χ3n) is 2.29. The van der Waals surface area contributed by atoms with E-state index in [0.717, 1.165) is 34.1 Å². The molecule has 9 heteroatoms. The second-order valence-electron chi connectivity index (χ2n) is 3.70. The van der Waals surface area contributed by atoms with Crippen LogP contribution in [0.4, 0.5) is 0 Å². The normalized spacial score (nSPS) is 11.1. The van der Waals surface area contributed by atoms with E-state index in [0.29, 0.717) is 0 Å². The van der Waals surface area contributed by atoms with Crippen molar-refractivity contribution in [2.75, 3.05) is 11.5 Å². The first kappa shape index (κ1) is 13.3. The van der Waals surface area contributed by atoms with Crippen molar-refractivity contribution in [1.29, 1.82) is 0 Å². The maximum absolute atomic E-state index is 4.34. The maximum atomic E-state index is 4.34. The minimum atomic E-state index is 0.848. The molecule has 0 aliphatic carbocycles. The molecule has 0 radical (unpaired) electrons. The zero-order valence-corrected chi connectivity index (χ0v) is 12.2. The van der Waals surface area contributed by atoms with Gasteiger partial charge in [-0.05, 0) is 23.8 Å². The lowest BCUT2D eigenvalue weighted by Crippen LogP contribution is -1.94. The topological polar surface area (TPSA) is 74.3 Å². The molecule has 0 amide bonds. The zero-order chi connectivity index (χ0) is 13.0. The molecular weight excluding hydrogens is 270 g/mol. The largest absolute Gasteiger partial charge is 0.252 e. The Bertz CT molecular complexity index is 487. The van der Waals surface area contributed by atoms with Gasteiger partial charge in [0.15, 0.2) is 0 Å². The van der Waals surface area contributed by atoms with E-state index in [1.807, 2.05) is 21.0 Å². The summed E-state index contributed by atoms with van der Waals surface area (Å²) >= 11 is 3.35. The number of aromatic nitrogens is 7. The van der Waals surface area contributed by atoms with Crippen LogP contribution in [0, 0.1) is 6.92 Å². The van der Waals surface area contributed by atoms with Crippen molar-refractivity contribution in [3.8, 4) is 0 Å². The fourth-order valence-corrected chi connectivity index (χ4v) is 3.04. The van der Waals surface area contributed by atoms with E-state index in [4.69, 9.17) is 0 Å². The molecule has 0 aliphatic heterocycles. The quantitative estimate of drug-likeness (QED) is 0.577. The molecule has 0 aliphatic rings. The molecule has 0 spiro atoms. The SMILES string of the molecule is Cc1nc(SCCCSc2nnnn2C)nn1C. The van der Waals surface area contributed by atoms with Gasteiger partial charge in [0.2, 0.25) is 10.3 Å². The summed E-state index contributed by atoms with van der Waals surface area (Å²) in [7, 11) is 3.75. The van der Waals surface area contributed by atoms with Gasteiger partial charge in [0.1, 0.15) is 5.82 Å². The second kappa shape index (κ2) is 6.19. The lowest BCUT2D eigenvalue weighted by molar-refractivity contribution is 0.664. The number of rotatable bonds is 6. The molecule has 2 rings (SSSR count). The van der Waals surface area contributed by atoms with Gasteiger partial charge >= 0.3 is 0 Å². The van der Waals surface area contributed by atoms with Gasteiger partial charge in [0.05, 0.1) is 0 Å². The van der Waals surface area contributed by atoms with E-state index in [2.05, 4.69) is 25.6 Å². The molecule has 0 fully saturated rings. The van der Waals surface area contributed by atoms with Gasteiger partial charge in [0.25, 0.3) is 0 Å². The average Bonchev–Trinajstić information content (AvgIpc) is 2.87. The predicted octanol–water partition coefficient (Wildman–Crippen LogP) is 0.922. The molecule has 0 atom stereocenters. The lowest BCUT2D eigenvalue weighted by atomic mass is 10.6. The van der Waals surface area contributed by atoms with Gasteiger partial charge in [-0.3, -0.25) is 4.68 Å². The third-order valence-corrected chi connectivity index (χ3v) is 4.31. The molecule has 0 N–H and O–H groups in total. The number of hydrogen-bond donors (Lipinski definition) is 0. The minimum Gasteiger partial charge on any atom is -0.252 e. The lowest BCUT2D eigenvalue weighted by Gasteiger charge is -1.98. The summed E-state index contributed by atoms with van der Waals surface area (Å²) in [6.07, 6.45) is 1.07. The Balaban J connectivity index is 1.66. The first-order valence-corrected chi connectivity index (χ1v) is 7.49. The summed E-state index contributed by atoms with van der Waals surface area (Å²) < 4.78 is 3.48. The predicted molar refractivity (Wildman–Crippen MR) is 70.6 cm³/mol. The first-order chi connectivity index (χ1) is 8.66. The van der Waals surface area contributed by atoms with Crippen molar-refractivity contribution >= 4 is 23.5 Å². The summed E-state index contributed by atoms with van der Waals surface area (Å²) in [5.41, 5.74) is 0. The molecule has 0 saturated carbocycles. The van der Waals surface area contributed by atoms with Crippen LogP contribution in [0.3, 0.4) is 0 Å². The molecule has 98 valence electrons. The van der Waals surface area contributed by atoms with Crippen LogP contribution < -0.4 is 0 Å². The van der Waals surface area contributed by atoms with E-state index in [1.54, 1.807) is 32.9 Å². The maximum Gasteiger partial charge on any atom is 0.209 e. The molecule has 0 unspecified atom stereocenters. The summed E-state index contributed by atoms with van der Waals surface area (Å²) in [4.78, 5) is 4.34. The Labute approximate surface area is 114 Å². The summed E-state index contributed by atoms with van der Waals surface area (Å²) in [6, 6.07) is 0. The van der Waals surface area contributed by atoms with Crippen LogP contribution in [0.5, 0.6) is 0 Å². The van der Waals surface area contributed by atoms with Gasteiger partial charge in [0, 0.05) is 25.6 Å². The van der Waals surface area contributed by atoms with Crippen LogP contribution >= 0.6 is 23.5 Å². The van der Waals surface area contributed by atoms with Crippen LogP contribution in [0.2, 0.25) is 0 Å². The van der Waals surface area contributed by atoms with Crippen LogP contribution in [0.1, 0.15) is 12.2 Å². The van der Waals surface area contributed by atoms with E-state index >= 15 is 0 Å². The van der Waals surface area contributed by atoms with Crippen molar-refractivity contribution in [2.45, 2.75) is 23.7 Å². The monoisotopic (exact) mass is 285 g/mol. The highest BCUT2D eigenvalue weighted by atomic mass is 32.2. The molecule has 7 nitrogen and oxygen atoms in total. The highest BCUT2D eigenvalue weighted by Gasteiger charge is 2.05. The number of hydrogen-bond acceptors (Lipinski definition) is 7. The Morgan fingerprint density at radius 1 is 1.11 bits per heavy atom. The Hall–Kier alpha value is -1.09. The van der Waals surface area contributed by atoms with Crippen LogP contribution in [0.15, 0.2) is 10.3 Å². The van der Waals surface area contributed by atoms with E-state index in [1.165, 1.54) is 0 Å². The third kappa shape index (κ3) is 3.45. The molecule has 0 aromatic carbocycles. The highest BCUT2D eigenvalue weighted by molar-refractivity contribution is 8.00. The standard InChI is InChI=1S/C9H15N7S2/c1-7-10-8(12-15(7)2)17-5-4-6-18-9-11-13-14-16(9)3/h4-6H2,1-3H3. The molecular formula is C9H15N7S2. The summed E-state index contributed by atoms with van der Waals surface area (Å²) in [6.45, 7) is 1.95. The van der Waals surface area contributed by atoms with Gasteiger partial charge in [-0.25, -0.2) is 9.67 Å². The summed E-state index contributed by atoms with van der Waals surface area (Å²) in [5, 5.41) is 17.3. The zero-order valence-electron chi connectivity index (χ0n) is 10.6. The first-order valence-electron chi connectivity index (χ1n) is 5.52. The van der Waals surface area contributed by atoms with E-state index in [-0.39, 0.29) is 0 Å².